The second-order valence-corrected chi connectivity index (χ2v) is 5.28. The van der Waals surface area contributed by atoms with Crippen LogP contribution in [0.25, 0.3) is 0 Å². The van der Waals surface area contributed by atoms with Crippen LogP contribution in [0.15, 0.2) is 24.4 Å². The molecule has 2 heteroatoms. The maximum absolute atomic E-state index is 10.2. The Bertz CT molecular complexity index is 317. The number of aliphatic hydroxyl groups is 1. The van der Waals surface area contributed by atoms with Crippen molar-refractivity contribution in [2.45, 2.75) is 51.6 Å². The molecule has 17 heavy (non-hydrogen) atoms. The largest absolute Gasteiger partial charge is 0.392 e. The molecule has 1 N–H and O–H groups in total. The zero-order valence-corrected chi connectivity index (χ0v) is 10.7. The summed E-state index contributed by atoms with van der Waals surface area (Å²) in [7, 11) is 0. The topological polar surface area (TPSA) is 33.1 Å². The van der Waals surface area contributed by atoms with E-state index >= 15 is 0 Å². The Hall–Kier alpha value is -0.890. The van der Waals surface area contributed by atoms with E-state index in [1.165, 1.54) is 32.1 Å². The standard InChI is InChI=1S/C15H23NO/c1-2-12-6-8-13(9-7-12)15(17)11-14-5-3-4-10-16-14/h3-5,10,12-13,15,17H,2,6-9,11H2,1H3. The van der Waals surface area contributed by atoms with Gasteiger partial charge in [0, 0.05) is 18.3 Å². The van der Waals surface area contributed by atoms with E-state index in [2.05, 4.69) is 11.9 Å². The van der Waals surface area contributed by atoms with Crippen LogP contribution in [-0.4, -0.2) is 16.2 Å². The van der Waals surface area contributed by atoms with Crippen molar-refractivity contribution in [3.8, 4) is 0 Å². The van der Waals surface area contributed by atoms with Gasteiger partial charge < -0.3 is 5.11 Å². The molecule has 1 heterocycles. The van der Waals surface area contributed by atoms with Crippen LogP contribution in [0.1, 0.15) is 44.7 Å². The first-order valence-electron chi connectivity index (χ1n) is 6.87. The summed E-state index contributed by atoms with van der Waals surface area (Å²) in [5.74, 6) is 1.38. The summed E-state index contributed by atoms with van der Waals surface area (Å²) in [4.78, 5) is 4.28. The Balaban J connectivity index is 1.83. The smallest absolute Gasteiger partial charge is 0.0623 e. The highest BCUT2D eigenvalue weighted by molar-refractivity contribution is 5.05. The van der Waals surface area contributed by atoms with E-state index in [9.17, 15) is 5.11 Å². The van der Waals surface area contributed by atoms with E-state index in [1.54, 1.807) is 6.20 Å². The van der Waals surface area contributed by atoms with Crippen LogP contribution in [0.2, 0.25) is 0 Å². The van der Waals surface area contributed by atoms with Gasteiger partial charge >= 0.3 is 0 Å². The average Bonchev–Trinajstić information content (AvgIpc) is 2.40. The molecule has 0 saturated heterocycles. The zero-order valence-electron chi connectivity index (χ0n) is 10.7. The second kappa shape index (κ2) is 6.15. The van der Waals surface area contributed by atoms with Crippen LogP contribution < -0.4 is 0 Å². The Morgan fingerprint density at radius 1 is 1.29 bits per heavy atom. The Labute approximate surface area is 104 Å². The normalized spacial score (nSPS) is 26.7. The molecular weight excluding hydrogens is 210 g/mol. The zero-order chi connectivity index (χ0) is 12.1. The first kappa shape index (κ1) is 12.6. The highest BCUT2D eigenvalue weighted by atomic mass is 16.3. The van der Waals surface area contributed by atoms with Crippen molar-refractivity contribution in [2.75, 3.05) is 0 Å². The van der Waals surface area contributed by atoms with E-state index < -0.39 is 0 Å². The van der Waals surface area contributed by atoms with Crippen LogP contribution in [-0.2, 0) is 6.42 Å². The summed E-state index contributed by atoms with van der Waals surface area (Å²) in [5, 5.41) is 10.2. The van der Waals surface area contributed by atoms with Gasteiger partial charge in [-0.1, -0.05) is 32.3 Å². The highest BCUT2D eigenvalue weighted by Gasteiger charge is 2.25. The van der Waals surface area contributed by atoms with Crippen molar-refractivity contribution in [1.29, 1.82) is 0 Å². The summed E-state index contributed by atoms with van der Waals surface area (Å²) >= 11 is 0. The van der Waals surface area contributed by atoms with E-state index in [0.717, 1.165) is 11.6 Å². The van der Waals surface area contributed by atoms with Crippen molar-refractivity contribution in [3.63, 3.8) is 0 Å². The molecular formula is C15H23NO. The number of rotatable bonds is 4. The molecule has 1 aliphatic carbocycles. The summed E-state index contributed by atoms with van der Waals surface area (Å²) in [6.07, 6.45) is 8.56. The Kier molecular flexibility index (Phi) is 4.55. The van der Waals surface area contributed by atoms with Gasteiger partial charge in [-0.25, -0.2) is 0 Å². The van der Waals surface area contributed by atoms with Crippen molar-refractivity contribution in [3.05, 3.63) is 30.1 Å². The van der Waals surface area contributed by atoms with Crippen molar-refractivity contribution >= 4 is 0 Å². The lowest BCUT2D eigenvalue weighted by atomic mass is 9.77. The molecule has 1 aromatic heterocycles. The van der Waals surface area contributed by atoms with E-state index in [-0.39, 0.29) is 6.10 Å². The summed E-state index contributed by atoms with van der Waals surface area (Å²) in [6, 6.07) is 5.91. The van der Waals surface area contributed by atoms with Crippen molar-refractivity contribution in [1.82, 2.24) is 4.98 Å². The fraction of sp³-hybridized carbons (Fsp3) is 0.667. The molecule has 1 atom stereocenters. The molecule has 0 spiro atoms. The number of pyridine rings is 1. The third-order valence-corrected chi connectivity index (χ3v) is 4.16. The molecule has 0 amide bonds. The van der Waals surface area contributed by atoms with Crippen LogP contribution >= 0.6 is 0 Å². The lowest BCUT2D eigenvalue weighted by molar-refractivity contribution is 0.0728. The van der Waals surface area contributed by atoms with Gasteiger partial charge in [-0.3, -0.25) is 4.98 Å². The Morgan fingerprint density at radius 3 is 2.65 bits per heavy atom. The van der Waals surface area contributed by atoms with Gasteiger partial charge in [0.2, 0.25) is 0 Å². The van der Waals surface area contributed by atoms with E-state index in [0.29, 0.717) is 12.3 Å². The molecule has 0 radical (unpaired) electrons. The first-order valence-corrected chi connectivity index (χ1v) is 6.87. The third kappa shape index (κ3) is 3.53. The molecule has 0 aliphatic heterocycles. The van der Waals surface area contributed by atoms with Gasteiger partial charge in [-0.15, -0.1) is 0 Å². The minimum atomic E-state index is -0.206. The molecule has 1 fully saturated rings. The molecule has 0 aromatic carbocycles. The lowest BCUT2D eigenvalue weighted by Gasteiger charge is -2.30. The predicted molar refractivity (Wildman–Crippen MR) is 69.7 cm³/mol. The Morgan fingerprint density at radius 2 is 2.06 bits per heavy atom. The number of nitrogens with zero attached hydrogens (tertiary/aromatic N) is 1. The number of aliphatic hydroxyl groups excluding tert-OH is 1. The fourth-order valence-corrected chi connectivity index (χ4v) is 2.88. The van der Waals surface area contributed by atoms with Gasteiger partial charge in [-0.2, -0.15) is 0 Å². The third-order valence-electron chi connectivity index (χ3n) is 4.16. The molecule has 2 nitrogen and oxygen atoms in total. The molecule has 0 bridgehead atoms. The second-order valence-electron chi connectivity index (χ2n) is 5.28. The van der Waals surface area contributed by atoms with E-state index in [4.69, 9.17) is 0 Å². The van der Waals surface area contributed by atoms with Crippen LogP contribution in [0.3, 0.4) is 0 Å². The monoisotopic (exact) mass is 233 g/mol. The van der Waals surface area contributed by atoms with Gasteiger partial charge in [0.15, 0.2) is 0 Å². The number of hydrogen-bond acceptors (Lipinski definition) is 2. The van der Waals surface area contributed by atoms with Crippen LogP contribution in [0.5, 0.6) is 0 Å². The maximum Gasteiger partial charge on any atom is 0.0623 e. The molecule has 1 saturated carbocycles. The minimum absolute atomic E-state index is 0.206. The first-order chi connectivity index (χ1) is 8.29. The van der Waals surface area contributed by atoms with Gasteiger partial charge in [-0.05, 0) is 36.8 Å². The van der Waals surface area contributed by atoms with Gasteiger partial charge in [0.25, 0.3) is 0 Å². The minimum Gasteiger partial charge on any atom is -0.392 e. The highest BCUT2D eigenvalue weighted by Crippen LogP contribution is 2.33. The van der Waals surface area contributed by atoms with Gasteiger partial charge in [0.1, 0.15) is 0 Å². The number of hydrogen-bond donors (Lipinski definition) is 1. The molecule has 2 rings (SSSR count). The maximum atomic E-state index is 10.2. The van der Waals surface area contributed by atoms with Crippen molar-refractivity contribution in [2.24, 2.45) is 11.8 Å². The number of aromatic nitrogens is 1. The average molecular weight is 233 g/mol. The molecule has 94 valence electrons. The molecule has 1 unspecified atom stereocenters. The summed E-state index contributed by atoms with van der Waals surface area (Å²) in [6.45, 7) is 2.27. The van der Waals surface area contributed by atoms with Crippen LogP contribution in [0, 0.1) is 11.8 Å². The van der Waals surface area contributed by atoms with Crippen LogP contribution in [0.4, 0.5) is 0 Å². The SMILES string of the molecule is CCC1CCC(C(O)Cc2ccccn2)CC1. The molecule has 1 aliphatic rings. The lowest BCUT2D eigenvalue weighted by Crippen LogP contribution is -2.27. The van der Waals surface area contributed by atoms with Gasteiger partial charge in [0.05, 0.1) is 6.10 Å². The molecule has 1 aromatic rings. The van der Waals surface area contributed by atoms with Crippen molar-refractivity contribution < 1.29 is 5.11 Å². The quantitative estimate of drug-likeness (QED) is 0.866. The fourth-order valence-electron chi connectivity index (χ4n) is 2.88. The van der Waals surface area contributed by atoms with E-state index in [1.807, 2.05) is 18.2 Å². The summed E-state index contributed by atoms with van der Waals surface area (Å²) < 4.78 is 0. The predicted octanol–water partition coefficient (Wildman–Crippen LogP) is 3.20. The summed E-state index contributed by atoms with van der Waals surface area (Å²) in [5.41, 5.74) is 1.01.